The molecule has 2 rings (SSSR count). The van der Waals surface area contributed by atoms with E-state index in [1.54, 1.807) is 0 Å². The molecule has 2 heterocycles. The number of sulfonamides is 1. The molecule has 0 bridgehead atoms. The second-order valence-corrected chi connectivity index (χ2v) is 5.91. The molecule has 5 nitrogen and oxygen atoms in total. The predicted molar refractivity (Wildman–Crippen MR) is 62.4 cm³/mol. The maximum Gasteiger partial charge on any atom is 0.274 e. The summed E-state index contributed by atoms with van der Waals surface area (Å²) in [5, 5.41) is 1.61. The van der Waals surface area contributed by atoms with E-state index in [-0.39, 0.29) is 17.4 Å². The van der Waals surface area contributed by atoms with Crippen LogP contribution in [0.2, 0.25) is 0 Å². The van der Waals surface area contributed by atoms with E-state index in [2.05, 4.69) is 4.72 Å². The van der Waals surface area contributed by atoms with Gasteiger partial charge in [0, 0.05) is 11.4 Å². The molecule has 2 aromatic heterocycles. The minimum atomic E-state index is -3.69. The molecular formula is C10H9NO4S2. The third-order valence-electron chi connectivity index (χ3n) is 2.00. The van der Waals surface area contributed by atoms with Crippen LogP contribution in [0.25, 0.3) is 0 Å². The first-order valence-corrected chi connectivity index (χ1v) is 7.05. The Morgan fingerprint density at radius 1 is 1.35 bits per heavy atom. The summed E-state index contributed by atoms with van der Waals surface area (Å²) in [4.78, 5) is 11.3. The molecule has 0 amide bonds. The van der Waals surface area contributed by atoms with Crippen LogP contribution in [-0.4, -0.2) is 14.7 Å². The van der Waals surface area contributed by atoms with Crippen LogP contribution in [0.5, 0.6) is 0 Å². The van der Waals surface area contributed by atoms with Gasteiger partial charge in [0.1, 0.15) is 0 Å². The first kappa shape index (κ1) is 12.0. The van der Waals surface area contributed by atoms with Crippen LogP contribution >= 0.6 is 11.3 Å². The topological polar surface area (TPSA) is 76.4 Å². The van der Waals surface area contributed by atoms with Crippen LogP contribution in [0.4, 0.5) is 0 Å². The molecule has 17 heavy (non-hydrogen) atoms. The lowest BCUT2D eigenvalue weighted by Crippen LogP contribution is -2.22. The summed E-state index contributed by atoms with van der Waals surface area (Å²) >= 11 is 1.45. The highest BCUT2D eigenvalue weighted by molar-refractivity contribution is 7.89. The quantitative estimate of drug-likeness (QED) is 0.839. The highest BCUT2D eigenvalue weighted by atomic mass is 32.2. The van der Waals surface area contributed by atoms with Crippen molar-refractivity contribution in [1.29, 1.82) is 0 Å². The molecule has 0 aliphatic rings. The van der Waals surface area contributed by atoms with E-state index in [0.717, 1.165) is 4.88 Å². The predicted octanol–water partition coefficient (Wildman–Crippen LogP) is 1.63. The Balaban J connectivity index is 2.11. The molecule has 90 valence electrons. The SMILES string of the molecule is O=Cc1ccc(S(=O)(=O)NCc2cccs2)o1. The fourth-order valence-electron chi connectivity index (χ4n) is 1.19. The number of rotatable bonds is 5. The zero-order valence-electron chi connectivity index (χ0n) is 8.62. The number of hydrogen-bond donors (Lipinski definition) is 1. The number of carbonyl (C=O) groups excluding carboxylic acids is 1. The first-order chi connectivity index (χ1) is 8.12. The van der Waals surface area contributed by atoms with Gasteiger partial charge in [-0.05, 0) is 23.6 Å². The Labute approximate surface area is 102 Å². The normalized spacial score (nSPS) is 11.5. The second kappa shape index (κ2) is 4.82. The lowest BCUT2D eigenvalue weighted by atomic mass is 10.5. The largest absolute Gasteiger partial charge is 0.440 e. The molecule has 0 saturated heterocycles. The molecule has 0 aromatic carbocycles. The summed E-state index contributed by atoms with van der Waals surface area (Å²) in [5.41, 5.74) is 0. The summed E-state index contributed by atoms with van der Waals surface area (Å²) in [7, 11) is -3.69. The molecule has 0 atom stereocenters. The first-order valence-electron chi connectivity index (χ1n) is 4.69. The van der Waals surface area contributed by atoms with Crippen molar-refractivity contribution in [2.24, 2.45) is 0 Å². The van der Waals surface area contributed by atoms with Crippen LogP contribution in [0.3, 0.4) is 0 Å². The van der Waals surface area contributed by atoms with Gasteiger partial charge in [-0.1, -0.05) is 6.07 Å². The molecule has 7 heteroatoms. The van der Waals surface area contributed by atoms with Gasteiger partial charge >= 0.3 is 0 Å². The molecule has 0 saturated carbocycles. The summed E-state index contributed by atoms with van der Waals surface area (Å²) < 4.78 is 30.7. The van der Waals surface area contributed by atoms with Crippen LogP contribution in [0.15, 0.2) is 39.2 Å². The number of thiophene rings is 1. The van der Waals surface area contributed by atoms with E-state index in [1.165, 1.54) is 23.5 Å². The zero-order chi connectivity index (χ0) is 12.3. The molecule has 0 fully saturated rings. The third kappa shape index (κ3) is 2.82. The van der Waals surface area contributed by atoms with Crippen molar-refractivity contribution in [2.75, 3.05) is 0 Å². The Hall–Kier alpha value is -1.44. The third-order valence-corrected chi connectivity index (χ3v) is 4.15. The van der Waals surface area contributed by atoms with Crippen LogP contribution in [0.1, 0.15) is 15.4 Å². The van der Waals surface area contributed by atoms with Crippen molar-refractivity contribution >= 4 is 27.6 Å². The number of nitrogens with one attached hydrogen (secondary N) is 1. The summed E-state index contributed by atoms with van der Waals surface area (Å²) in [6.45, 7) is 0.205. The minimum Gasteiger partial charge on any atom is -0.440 e. The fraction of sp³-hybridized carbons (Fsp3) is 0.100. The van der Waals surface area contributed by atoms with Crippen LogP contribution in [-0.2, 0) is 16.6 Å². The number of furan rings is 1. The van der Waals surface area contributed by atoms with Gasteiger partial charge in [0.05, 0.1) is 0 Å². The van der Waals surface area contributed by atoms with Crippen molar-refractivity contribution in [1.82, 2.24) is 4.72 Å². The highest BCUT2D eigenvalue weighted by Crippen LogP contribution is 2.14. The van der Waals surface area contributed by atoms with Gasteiger partial charge in [-0.25, -0.2) is 13.1 Å². The summed E-state index contributed by atoms with van der Waals surface area (Å²) in [6.07, 6.45) is 0.457. The highest BCUT2D eigenvalue weighted by Gasteiger charge is 2.18. The maximum atomic E-state index is 11.7. The number of aldehydes is 1. The fourth-order valence-corrected chi connectivity index (χ4v) is 2.87. The van der Waals surface area contributed by atoms with Gasteiger partial charge in [0.2, 0.25) is 5.09 Å². The van der Waals surface area contributed by atoms with E-state index < -0.39 is 10.0 Å². The van der Waals surface area contributed by atoms with Crippen molar-refractivity contribution in [3.63, 3.8) is 0 Å². The Morgan fingerprint density at radius 2 is 2.18 bits per heavy atom. The van der Waals surface area contributed by atoms with Gasteiger partial charge in [0.25, 0.3) is 10.0 Å². The lowest BCUT2D eigenvalue weighted by molar-refractivity contribution is 0.109. The van der Waals surface area contributed by atoms with Gasteiger partial charge in [0.15, 0.2) is 12.0 Å². The van der Waals surface area contributed by atoms with Crippen LogP contribution < -0.4 is 4.72 Å². The second-order valence-electron chi connectivity index (χ2n) is 3.18. The number of hydrogen-bond acceptors (Lipinski definition) is 5. The van der Waals surface area contributed by atoms with Crippen molar-refractivity contribution in [3.8, 4) is 0 Å². The van der Waals surface area contributed by atoms with Crippen molar-refractivity contribution in [3.05, 3.63) is 40.3 Å². The van der Waals surface area contributed by atoms with Crippen molar-refractivity contribution < 1.29 is 17.6 Å². The Kier molecular flexibility index (Phi) is 3.41. The summed E-state index contributed by atoms with van der Waals surface area (Å²) in [6, 6.07) is 6.23. The van der Waals surface area contributed by atoms with E-state index >= 15 is 0 Å². The van der Waals surface area contributed by atoms with Gasteiger partial charge < -0.3 is 4.42 Å². The molecule has 2 aromatic rings. The van der Waals surface area contributed by atoms with Crippen LogP contribution in [0, 0.1) is 0 Å². The van der Waals surface area contributed by atoms with E-state index in [0.29, 0.717) is 6.29 Å². The van der Waals surface area contributed by atoms with Gasteiger partial charge in [-0.2, -0.15) is 0 Å². The molecule has 1 N–H and O–H groups in total. The van der Waals surface area contributed by atoms with Crippen molar-refractivity contribution in [2.45, 2.75) is 11.6 Å². The minimum absolute atomic E-state index is 0.0125. The molecule has 0 spiro atoms. The van der Waals surface area contributed by atoms with Gasteiger partial charge in [-0.3, -0.25) is 4.79 Å². The average Bonchev–Trinajstić information content (AvgIpc) is 2.98. The summed E-state index contributed by atoms with van der Waals surface area (Å²) in [5.74, 6) is -0.0125. The molecule has 0 aliphatic carbocycles. The molecular weight excluding hydrogens is 262 g/mol. The standard InChI is InChI=1S/C10H9NO4S2/c12-7-8-3-4-10(15-8)17(13,14)11-6-9-2-1-5-16-9/h1-5,7,11H,6H2. The maximum absolute atomic E-state index is 11.7. The Morgan fingerprint density at radius 3 is 2.76 bits per heavy atom. The van der Waals surface area contributed by atoms with Gasteiger partial charge in [-0.15, -0.1) is 11.3 Å². The lowest BCUT2D eigenvalue weighted by Gasteiger charge is -2.01. The smallest absolute Gasteiger partial charge is 0.274 e. The molecule has 0 radical (unpaired) electrons. The zero-order valence-corrected chi connectivity index (χ0v) is 10.3. The Bertz CT molecular complexity index is 598. The molecule has 0 unspecified atom stereocenters. The average molecular weight is 271 g/mol. The molecule has 0 aliphatic heterocycles. The number of carbonyl (C=O) groups is 1. The monoisotopic (exact) mass is 271 g/mol. The van der Waals surface area contributed by atoms with E-state index in [1.807, 2.05) is 17.5 Å². The van der Waals surface area contributed by atoms with E-state index in [9.17, 15) is 13.2 Å². The van der Waals surface area contributed by atoms with E-state index in [4.69, 9.17) is 4.42 Å².